The van der Waals surface area contributed by atoms with Gasteiger partial charge in [-0.3, -0.25) is 0 Å². The van der Waals surface area contributed by atoms with E-state index in [1.165, 1.54) is 29.9 Å². The maximum absolute atomic E-state index is 6.10. The summed E-state index contributed by atoms with van der Waals surface area (Å²) in [5, 5.41) is 0.971. The molecule has 2 nitrogen and oxygen atoms in total. The number of rotatable bonds is 11. The lowest BCUT2D eigenvalue weighted by molar-refractivity contribution is 0.305. The predicted molar refractivity (Wildman–Crippen MR) is 134 cm³/mol. The molecule has 0 aliphatic carbocycles. The van der Waals surface area contributed by atoms with Crippen LogP contribution in [0.15, 0.2) is 58.4 Å². The lowest BCUT2D eigenvalue weighted by Gasteiger charge is -2.17. The van der Waals surface area contributed by atoms with Crippen molar-refractivity contribution in [2.75, 3.05) is 11.5 Å². The first-order chi connectivity index (χ1) is 14.2. The first-order valence-electron chi connectivity index (χ1n) is 9.87. The van der Waals surface area contributed by atoms with Crippen molar-refractivity contribution in [3.05, 3.63) is 69.0 Å². The Balaban J connectivity index is 1.67. The van der Waals surface area contributed by atoms with E-state index >= 15 is 0 Å². The fourth-order valence-electron chi connectivity index (χ4n) is 2.77. The van der Waals surface area contributed by atoms with E-state index in [1.807, 2.05) is 47.8 Å². The van der Waals surface area contributed by atoms with Crippen molar-refractivity contribution in [1.29, 1.82) is 0 Å². The van der Waals surface area contributed by atoms with E-state index in [4.69, 9.17) is 9.72 Å². The van der Waals surface area contributed by atoms with Gasteiger partial charge in [-0.25, -0.2) is 4.98 Å². The molecule has 0 bridgehead atoms. The Hall–Kier alpha value is -0.950. The molecular weight excluding hydrogens is 482 g/mol. The number of thiazole rings is 1. The van der Waals surface area contributed by atoms with Crippen LogP contribution in [0, 0.1) is 0 Å². The third-order valence-electron chi connectivity index (χ3n) is 4.12. The Morgan fingerprint density at radius 1 is 1.00 bits per heavy atom. The van der Waals surface area contributed by atoms with Gasteiger partial charge in [-0.1, -0.05) is 56.3 Å². The number of thioether (sulfide) groups is 2. The van der Waals surface area contributed by atoms with E-state index in [0.717, 1.165) is 25.8 Å². The van der Waals surface area contributed by atoms with Gasteiger partial charge in [0.2, 0.25) is 0 Å². The summed E-state index contributed by atoms with van der Waals surface area (Å²) in [6.45, 7) is 4.96. The van der Waals surface area contributed by atoms with Crippen molar-refractivity contribution in [3.8, 4) is 17.0 Å². The van der Waals surface area contributed by atoms with Gasteiger partial charge in [0.1, 0.15) is 17.4 Å². The maximum Gasteiger partial charge on any atom is 0.140 e. The highest BCUT2D eigenvalue weighted by molar-refractivity contribution is 9.11. The summed E-state index contributed by atoms with van der Waals surface area (Å²) in [6.07, 6.45) is 2.40. The van der Waals surface area contributed by atoms with Gasteiger partial charge in [-0.2, -0.15) is 0 Å². The molecular formula is C23H26BrNOS3. The van der Waals surface area contributed by atoms with Crippen molar-refractivity contribution in [2.45, 2.75) is 37.9 Å². The van der Waals surface area contributed by atoms with Gasteiger partial charge < -0.3 is 4.74 Å². The molecule has 0 aliphatic heterocycles. The van der Waals surface area contributed by atoms with E-state index in [1.54, 1.807) is 11.3 Å². The maximum atomic E-state index is 6.10. The van der Waals surface area contributed by atoms with Gasteiger partial charge in [-0.15, -0.1) is 34.9 Å². The van der Waals surface area contributed by atoms with E-state index in [-0.39, 0.29) is 0 Å². The van der Waals surface area contributed by atoms with Gasteiger partial charge in [0.15, 0.2) is 0 Å². The quantitative estimate of drug-likeness (QED) is 0.242. The van der Waals surface area contributed by atoms with Crippen LogP contribution in [0.5, 0.6) is 5.75 Å². The van der Waals surface area contributed by atoms with Crippen LogP contribution in [-0.2, 0) is 6.61 Å². The Morgan fingerprint density at radius 3 is 2.41 bits per heavy atom. The average Bonchev–Trinajstić information content (AvgIpc) is 3.14. The lowest BCUT2D eigenvalue weighted by Crippen LogP contribution is -1.97. The summed E-state index contributed by atoms with van der Waals surface area (Å²) in [4.78, 5) is 4.77. The van der Waals surface area contributed by atoms with E-state index in [0.29, 0.717) is 11.2 Å². The smallest absolute Gasteiger partial charge is 0.140 e. The molecule has 2 aromatic carbocycles. The van der Waals surface area contributed by atoms with Crippen LogP contribution in [-0.4, -0.2) is 16.5 Å². The third-order valence-corrected chi connectivity index (χ3v) is 9.05. The molecule has 0 N–H and O–H groups in total. The molecule has 0 fully saturated rings. The third kappa shape index (κ3) is 6.78. The SMILES string of the molecule is CCCSC(SCCC)c1cccc(OCc2nc(-c3ccccc3)c(Br)s2)c1. The number of halogens is 1. The standard InChI is InChI=1S/C23H26BrNOS3/c1-3-13-27-23(28-14-4-2)18-11-8-12-19(15-18)26-16-20-25-21(22(24)29-20)17-9-6-5-7-10-17/h5-12,15,23H,3-4,13-14,16H2,1-2H3. The first-order valence-corrected chi connectivity index (χ1v) is 13.6. The van der Waals surface area contributed by atoms with E-state index in [2.05, 4.69) is 60.1 Å². The minimum Gasteiger partial charge on any atom is -0.486 e. The van der Waals surface area contributed by atoms with Crippen LogP contribution in [0.4, 0.5) is 0 Å². The molecule has 0 amide bonds. The molecule has 0 unspecified atom stereocenters. The molecule has 154 valence electrons. The van der Waals surface area contributed by atoms with Crippen LogP contribution in [0.3, 0.4) is 0 Å². The number of nitrogens with zero attached hydrogens (tertiary/aromatic N) is 1. The highest BCUT2D eigenvalue weighted by atomic mass is 79.9. The normalized spacial score (nSPS) is 11.2. The summed E-state index contributed by atoms with van der Waals surface area (Å²) in [7, 11) is 0. The Labute approximate surface area is 195 Å². The summed E-state index contributed by atoms with van der Waals surface area (Å²) < 4.78 is 7.62. The van der Waals surface area contributed by atoms with Crippen LogP contribution >= 0.6 is 50.8 Å². The van der Waals surface area contributed by atoms with Gasteiger partial charge in [0, 0.05) is 5.56 Å². The summed E-state index contributed by atoms with van der Waals surface area (Å²) >= 11 is 9.35. The fourth-order valence-corrected chi connectivity index (χ4v) is 6.91. The molecule has 0 aliphatic rings. The predicted octanol–water partition coefficient (Wildman–Crippen LogP) is 8.44. The lowest BCUT2D eigenvalue weighted by atomic mass is 10.2. The molecule has 0 saturated carbocycles. The number of hydrogen-bond donors (Lipinski definition) is 0. The molecule has 1 heterocycles. The number of aromatic nitrogens is 1. The zero-order chi connectivity index (χ0) is 20.5. The van der Waals surface area contributed by atoms with E-state index in [9.17, 15) is 0 Å². The molecule has 0 saturated heterocycles. The summed E-state index contributed by atoms with van der Waals surface area (Å²) in [5.74, 6) is 3.28. The first kappa shape index (κ1) is 22.7. The Bertz CT molecular complexity index is 877. The van der Waals surface area contributed by atoms with Crippen molar-refractivity contribution in [3.63, 3.8) is 0 Å². The van der Waals surface area contributed by atoms with Crippen molar-refractivity contribution >= 4 is 50.8 Å². The minimum absolute atomic E-state index is 0.470. The van der Waals surface area contributed by atoms with Crippen LogP contribution in [0.2, 0.25) is 0 Å². The topological polar surface area (TPSA) is 22.1 Å². The summed E-state index contributed by atoms with van der Waals surface area (Å²) in [5.41, 5.74) is 3.44. The van der Waals surface area contributed by atoms with Crippen LogP contribution < -0.4 is 4.74 Å². The molecule has 0 radical (unpaired) electrons. The largest absolute Gasteiger partial charge is 0.486 e. The summed E-state index contributed by atoms with van der Waals surface area (Å²) in [6, 6.07) is 18.8. The highest BCUT2D eigenvalue weighted by Crippen LogP contribution is 2.41. The molecule has 0 atom stereocenters. The average molecular weight is 509 g/mol. The van der Waals surface area contributed by atoms with Gasteiger partial charge >= 0.3 is 0 Å². The van der Waals surface area contributed by atoms with Crippen molar-refractivity contribution < 1.29 is 4.74 Å². The van der Waals surface area contributed by atoms with Gasteiger partial charge in [0.25, 0.3) is 0 Å². The second kappa shape index (κ2) is 12.0. The molecule has 6 heteroatoms. The molecule has 0 spiro atoms. The molecule has 3 rings (SSSR count). The molecule has 3 aromatic rings. The number of hydrogen-bond acceptors (Lipinski definition) is 5. The van der Waals surface area contributed by atoms with E-state index < -0.39 is 0 Å². The molecule has 29 heavy (non-hydrogen) atoms. The van der Waals surface area contributed by atoms with Crippen LogP contribution in [0.1, 0.15) is 41.8 Å². The Morgan fingerprint density at radius 2 is 1.72 bits per heavy atom. The highest BCUT2D eigenvalue weighted by Gasteiger charge is 2.14. The molecule has 1 aromatic heterocycles. The minimum atomic E-state index is 0.470. The Kier molecular flexibility index (Phi) is 9.43. The van der Waals surface area contributed by atoms with Gasteiger partial charge in [-0.05, 0) is 58.0 Å². The van der Waals surface area contributed by atoms with Crippen LogP contribution in [0.25, 0.3) is 11.3 Å². The zero-order valence-electron chi connectivity index (χ0n) is 16.8. The number of ether oxygens (including phenoxy) is 1. The fraction of sp³-hybridized carbons (Fsp3) is 0.348. The second-order valence-electron chi connectivity index (χ2n) is 6.53. The monoisotopic (exact) mass is 507 g/mol. The zero-order valence-corrected chi connectivity index (χ0v) is 20.8. The van der Waals surface area contributed by atoms with Crippen molar-refractivity contribution in [1.82, 2.24) is 4.98 Å². The number of benzene rings is 2. The second-order valence-corrected chi connectivity index (χ2v) is 11.7. The van der Waals surface area contributed by atoms with Crippen molar-refractivity contribution in [2.24, 2.45) is 0 Å². The van der Waals surface area contributed by atoms with Gasteiger partial charge in [0.05, 0.1) is 14.1 Å².